The first-order chi connectivity index (χ1) is 20.4. The highest BCUT2D eigenvalue weighted by atomic mass is 19.1. The highest BCUT2D eigenvalue weighted by Gasteiger charge is 2.18. The molecule has 2 aromatic heterocycles. The molecule has 2 N–H and O–H groups in total. The van der Waals surface area contributed by atoms with Crippen molar-refractivity contribution >= 4 is 5.91 Å². The molecule has 3 heterocycles. The predicted molar refractivity (Wildman–Crippen MR) is 150 cm³/mol. The van der Waals surface area contributed by atoms with Gasteiger partial charge in [0, 0.05) is 30.4 Å². The molecule has 10 nitrogen and oxygen atoms in total. The van der Waals surface area contributed by atoms with Crippen LogP contribution in [0.2, 0.25) is 0 Å². The number of benzene rings is 3. The Bertz CT molecular complexity index is 1740. The molecule has 0 radical (unpaired) electrons. The molecular weight excluding hydrogens is 541 g/mol. The highest BCUT2D eigenvalue weighted by Crippen LogP contribution is 2.37. The van der Waals surface area contributed by atoms with Crippen LogP contribution in [0.5, 0.6) is 28.9 Å². The number of aryl methyl sites for hydroxylation is 1. The molecule has 212 valence electrons. The highest BCUT2D eigenvalue weighted by molar-refractivity contribution is 5.96. The van der Waals surface area contributed by atoms with E-state index < -0.39 is 11.9 Å². The van der Waals surface area contributed by atoms with Crippen LogP contribution in [0, 0.1) is 12.7 Å². The number of ether oxygens (including phenoxy) is 4. The number of nitrogens with zero attached hydrogens (tertiary/aromatic N) is 3. The molecule has 0 spiro atoms. The number of aromatic nitrogens is 4. The zero-order chi connectivity index (χ0) is 29.1. The van der Waals surface area contributed by atoms with Crippen LogP contribution in [0.3, 0.4) is 0 Å². The molecule has 1 unspecified atom stereocenters. The van der Waals surface area contributed by atoms with Crippen LogP contribution < -0.4 is 24.3 Å². The maximum Gasteiger partial charge on any atom is 0.257 e. The number of hydrogen-bond donors (Lipinski definition) is 2. The van der Waals surface area contributed by atoms with E-state index in [0.29, 0.717) is 45.8 Å². The normalized spacial score (nSPS) is 12.5. The van der Waals surface area contributed by atoms with Crippen molar-refractivity contribution in [3.8, 4) is 40.0 Å². The van der Waals surface area contributed by atoms with Crippen LogP contribution in [0.25, 0.3) is 11.1 Å². The molecule has 6 rings (SSSR count). The molecule has 3 aromatic carbocycles. The van der Waals surface area contributed by atoms with Gasteiger partial charge in [-0.3, -0.25) is 9.89 Å². The number of pyridine rings is 1. The van der Waals surface area contributed by atoms with Crippen LogP contribution in [0.1, 0.15) is 40.6 Å². The molecule has 0 aliphatic carbocycles. The number of carbonyl (C=O) groups is 1. The van der Waals surface area contributed by atoms with E-state index in [0.717, 1.165) is 5.56 Å². The summed E-state index contributed by atoms with van der Waals surface area (Å²) in [7, 11) is 0. The smallest absolute Gasteiger partial charge is 0.257 e. The van der Waals surface area contributed by atoms with E-state index in [9.17, 15) is 9.18 Å². The maximum absolute atomic E-state index is 15.0. The van der Waals surface area contributed by atoms with Crippen molar-refractivity contribution < 1.29 is 28.1 Å². The molecular formula is C31H26FN5O5. The van der Waals surface area contributed by atoms with Crippen molar-refractivity contribution in [1.29, 1.82) is 0 Å². The molecule has 42 heavy (non-hydrogen) atoms. The topological polar surface area (TPSA) is 120 Å². The van der Waals surface area contributed by atoms with Crippen LogP contribution >= 0.6 is 0 Å². The molecule has 0 saturated heterocycles. The third-order valence-electron chi connectivity index (χ3n) is 6.52. The Labute approximate surface area is 240 Å². The van der Waals surface area contributed by atoms with Crippen molar-refractivity contribution in [2.75, 3.05) is 6.79 Å². The SMILES string of the molecule is Cc1nc(C(C)Oc2ccc(-c3ccc(CNC(=O)c4cccnc4Oc4ccc5c(c4)OCO5)cc3)c(F)c2)n[nH]1. The monoisotopic (exact) mass is 567 g/mol. The molecule has 1 aliphatic heterocycles. The van der Waals surface area contributed by atoms with Gasteiger partial charge in [0.25, 0.3) is 5.91 Å². The summed E-state index contributed by atoms with van der Waals surface area (Å²) in [6.45, 7) is 4.00. The van der Waals surface area contributed by atoms with E-state index >= 15 is 0 Å². The minimum atomic E-state index is -0.437. The van der Waals surface area contributed by atoms with Gasteiger partial charge in [-0.25, -0.2) is 14.4 Å². The van der Waals surface area contributed by atoms with Gasteiger partial charge >= 0.3 is 0 Å². The third kappa shape index (κ3) is 5.85. The second-order valence-corrected chi connectivity index (χ2v) is 9.53. The molecule has 5 aromatic rings. The average Bonchev–Trinajstić information content (AvgIpc) is 3.65. The van der Waals surface area contributed by atoms with Gasteiger partial charge in [0.15, 0.2) is 23.4 Å². The first kappa shape index (κ1) is 26.8. The molecule has 1 atom stereocenters. The molecule has 11 heteroatoms. The van der Waals surface area contributed by atoms with Gasteiger partial charge in [0.05, 0.1) is 0 Å². The largest absolute Gasteiger partial charge is 0.483 e. The van der Waals surface area contributed by atoms with E-state index in [1.54, 1.807) is 74.6 Å². The first-order valence-corrected chi connectivity index (χ1v) is 13.2. The van der Waals surface area contributed by atoms with Crippen LogP contribution in [0.4, 0.5) is 4.39 Å². The fourth-order valence-electron chi connectivity index (χ4n) is 4.38. The van der Waals surface area contributed by atoms with Crippen LogP contribution in [0.15, 0.2) is 79.0 Å². The summed E-state index contributed by atoms with van der Waals surface area (Å²) >= 11 is 0. The number of fused-ring (bicyclic) bond motifs is 1. The summed E-state index contributed by atoms with van der Waals surface area (Å²) in [5.74, 6) is 2.61. The van der Waals surface area contributed by atoms with E-state index in [2.05, 4.69) is 25.5 Å². The third-order valence-corrected chi connectivity index (χ3v) is 6.52. The first-order valence-electron chi connectivity index (χ1n) is 13.2. The van der Waals surface area contributed by atoms with Gasteiger partial charge in [0.2, 0.25) is 12.7 Å². The molecule has 0 fully saturated rings. The summed E-state index contributed by atoms with van der Waals surface area (Å²) in [5, 5.41) is 9.74. The quantitative estimate of drug-likeness (QED) is 0.226. The summed E-state index contributed by atoms with van der Waals surface area (Å²) in [6, 6.07) is 20.4. The van der Waals surface area contributed by atoms with E-state index in [4.69, 9.17) is 18.9 Å². The van der Waals surface area contributed by atoms with Gasteiger partial charge in [-0.2, -0.15) is 5.10 Å². The molecule has 0 saturated carbocycles. The van der Waals surface area contributed by atoms with Crippen molar-refractivity contribution in [1.82, 2.24) is 25.5 Å². The number of halogens is 1. The Morgan fingerprint density at radius 3 is 2.64 bits per heavy atom. The number of rotatable bonds is 9. The lowest BCUT2D eigenvalue weighted by molar-refractivity contribution is 0.0948. The fraction of sp³-hybridized carbons (Fsp3) is 0.161. The zero-order valence-corrected chi connectivity index (χ0v) is 22.8. The van der Waals surface area contributed by atoms with Gasteiger partial charge in [-0.1, -0.05) is 24.3 Å². The lowest BCUT2D eigenvalue weighted by Gasteiger charge is -2.13. The van der Waals surface area contributed by atoms with Gasteiger partial charge < -0.3 is 24.3 Å². The van der Waals surface area contributed by atoms with Crippen molar-refractivity contribution in [2.24, 2.45) is 0 Å². The standard InChI is InChI=1S/C31H26FN5O5/c1-18(29-35-19(2)36-37-29)41-22-9-11-24(26(32)14-22)21-7-5-20(6-8-21)16-34-30(38)25-4-3-13-33-31(25)42-23-10-12-27-28(15-23)40-17-39-27/h3-15,18H,16-17H2,1-2H3,(H,34,38)(H,35,36,37). The molecule has 1 amide bonds. The minimum Gasteiger partial charge on any atom is -0.483 e. The Hall–Kier alpha value is -5.45. The number of carbonyl (C=O) groups excluding carboxylic acids is 1. The maximum atomic E-state index is 15.0. The van der Waals surface area contributed by atoms with E-state index in [-0.39, 0.29) is 30.7 Å². The summed E-state index contributed by atoms with van der Waals surface area (Å²) < 4.78 is 37.4. The lowest BCUT2D eigenvalue weighted by atomic mass is 10.0. The van der Waals surface area contributed by atoms with Crippen molar-refractivity contribution in [3.63, 3.8) is 0 Å². The summed E-state index contributed by atoms with van der Waals surface area (Å²) in [5.41, 5.74) is 2.24. The van der Waals surface area contributed by atoms with E-state index in [1.165, 1.54) is 6.07 Å². The molecule has 1 aliphatic rings. The molecule has 0 bridgehead atoms. The number of aromatic amines is 1. The van der Waals surface area contributed by atoms with Crippen molar-refractivity contribution in [3.05, 3.63) is 108 Å². The van der Waals surface area contributed by atoms with Crippen LogP contribution in [-0.4, -0.2) is 32.9 Å². The van der Waals surface area contributed by atoms with Gasteiger partial charge in [0.1, 0.15) is 28.7 Å². The average molecular weight is 568 g/mol. The van der Waals surface area contributed by atoms with Gasteiger partial charge in [-0.05, 0) is 61.4 Å². The Morgan fingerprint density at radius 2 is 1.86 bits per heavy atom. The Balaban J connectivity index is 1.08. The lowest BCUT2D eigenvalue weighted by Crippen LogP contribution is -2.23. The fourth-order valence-corrected chi connectivity index (χ4v) is 4.38. The second kappa shape index (κ2) is 11.6. The Morgan fingerprint density at radius 1 is 1.05 bits per heavy atom. The number of hydrogen-bond acceptors (Lipinski definition) is 8. The number of H-pyrrole nitrogens is 1. The number of amides is 1. The minimum absolute atomic E-state index is 0.150. The second-order valence-electron chi connectivity index (χ2n) is 9.53. The van der Waals surface area contributed by atoms with Crippen LogP contribution in [-0.2, 0) is 6.54 Å². The predicted octanol–water partition coefficient (Wildman–Crippen LogP) is 5.91. The number of nitrogens with one attached hydrogen (secondary N) is 2. The summed E-state index contributed by atoms with van der Waals surface area (Å²) in [6.07, 6.45) is 1.11. The van der Waals surface area contributed by atoms with Crippen molar-refractivity contribution in [2.45, 2.75) is 26.5 Å². The zero-order valence-electron chi connectivity index (χ0n) is 22.8. The summed E-state index contributed by atoms with van der Waals surface area (Å²) in [4.78, 5) is 21.5. The van der Waals surface area contributed by atoms with Gasteiger partial charge in [-0.15, -0.1) is 0 Å². The Kier molecular flexibility index (Phi) is 7.37. The van der Waals surface area contributed by atoms with E-state index in [1.807, 2.05) is 12.1 Å².